The van der Waals surface area contributed by atoms with Crippen molar-refractivity contribution in [3.05, 3.63) is 51.4 Å². The second-order valence-electron chi connectivity index (χ2n) is 6.11. The summed E-state index contributed by atoms with van der Waals surface area (Å²) in [5, 5.41) is 2.78. The number of hydrogen-bond acceptors (Lipinski definition) is 4. The van der Waals surface area contributed by atoms with Crippen LogP contribution in [0.2, 0.25) is 0 Å². The molecule has 0 aliphatic carbocycles. The molecule has 5 heteroatoms. The van der Waals surface area contributed by atoms with Crippen LogP contribution in [0, 0.1) is 0 Å². The summed E-state index contributed by atoms with van der Waals surface area (Å²) in [4.78, 5) is 18.8. The van der Waals surface area contributed by atoms with Gasteiger partial charge in [-0.1, -0.05) is 38.1 Å². The summed E-state index contributed by atoms with van der Waals surface area (Å²) in [5.74, 6) is 0.854. The van der Waals surface area contributed by atoms with Crippen molar-refractivity contribution >= 4 is 21.6 Å². The lowest BCUT2D eigenvalue weighted by molar-refractivity contribution is 0.185. The van der Waals surface area contributed by atoms with E-state index in [-0.39, 0.29) is 5.56 Å². The normalized spacial score (nSPS) is 11.3. The lowest BCUT2D eigenvalue weighted by atomic mass is 10.0. The molecule has 0 amide bonds. The zero-order chi connectivity index (χ0) is 17.8. The fourth-order valence-electron chi connectivity index (χ4n) is 3.03. The minimum Gasteiger partial charge on any atom is -0.383 e. The molecule has 2 aromatic heterocycles. The Labute approximate surface area is 152 Å². The van der Waals surface area contributed by atoms with Gasteiger partial charge in [-0.25, -0.2) is 4.98 Å². The van der Waals surface area contributed by atoms with Gasteiger partial charge in [-0.2, -0.15) is 0 Å². The molecule has 0 atom stereocenters. The van der Waals surface area contributed by atoms with Crippen LogP contribution in [0.4, 0.5) is 0 Å². The molecular formula is C20H24N2O2S. The molecule has 0 saturated carbocycles. The van der Waals surface area contributed by atoms with E-state index in [1.807, 2.05) is 0 Å². The first-order valence-corrected chi connectivity index (χ1v) is 9.66. The van der Waals surface area contributed by atoms with E-state index < -0.39 is 0 Å². The number of fused-ring (bicyclic) bond motifs is 1. The molecule has 3 aromatic rings. The summed E-state index contributed by atoms with van der Waals surface area (Å²) < 4.78 is 6.97. The largest absolute Gasteiger partial charge is 0.383 e. The Kier molecular flexibility index (Phi) is 5.66. The van der Waals surface area contributed by atoms with E-state index in [0.29, 0.717) is 13.2 Å². The van der Waals surface area contributed by atoms with Gasteiger partial charge in [0.2, 0.25) is 0 Å². The van der Waals surface area contributed by atoms with Gasteiger partial charge in [0.05, 0.1) is 18.5 Å². The van der Waals surface area contributed by atoms with Crippen molar-refractivity contribution in [3.8, 4) is 11.1 Å². The molecule has 2 heterocycles. The lowest BCUT2D eigenvalue weighted by Crippen LogP contribution is -2.27. The molecule has 4 nitrogen and oxygen atoms in total. The predicted octanol–water partition coefficient (Wildman–Crippen LogP) is 4.29. The summed E-state index contributed by atoms with van der Waals surface area (Å²) in [7, 11) is 1.65. The number of aromatic nitrogens is 2. The molecular weight excluding hydrogens is 332 g/mol. The van der Waals surface area contributed by atoms with Gasteiger partial charge >= 0.3 is 0 Å². The van der Waals surface area contributed by atoms with Gasteiger partial charge in [0, 0.05) is 24.5 Å². The second kappa shape index (κ2) is 7.93. The molecule has 0 N–H and O–H groups in total. The fourth-order valence-corrected chi connectivity index (χ4v) is 3.98. The number of aryl methyl sites for hydroxylation is 2. The Hall–Kier alpha value is -1.98. The monoisotopic (exact) mass is 356 g/mol. The quantitative estimate of drug-likeness (QED) is 0.634. The van der Waals surface area contributed by atoms with E-state index in [1.54, 1.807) is 23.0 Å². The van der Waals surface area contributed by atoms with Crippen molar-refractivity contribution in [3.63, 3.8) is 0 Å². The third-order valence-corrected chi connectivity index (χ3v) is 5.31. The predicted molar refractivity (Wildman–Crippen MR) is 105 cm³/mol. The first-order chi connectivity index (χ1) is 12.2. The Morgan fingerprint density at radius 3 is 2.60 bits per heavy atom. The van der Waals surface area contributed by atoms with Crippen LogP contribution in [-0.2, 0) is 24.1 Å². The van der Waals surface area contributed by atoms with Crippen LogP contribution in [0.5, 0.6) is 0 Å². The highest BCUT2D eigenvalue weighted by Crippen LogP contribution is 2.31. The lowest BCUT2D eigenvalue weighted by Gasteiger charge is -2.12. The minimum atomic E-state index is 0.0429. The van der Waals surface area contributed by atoms with Gasteiger partial charge in [-0.05, 0) is 24.0 Å². The van der Waals surface area contributed by atoms with Gasteiger partial charge in [-0.3, -0.25) is 9.36 Å². The topological polar surface area (TPSA) is 44.1 Å². The Morgan fingerprint density at radius 2 is 1.96 bits per heavy atom. The zero-order valence-corrected chi connectivity index (χ0v) is 15.9. The average Bonchev–Trinajstić information content (AvgIpc) is 3.06. The summed E-state index contributed by atoms with van der Waals surface area (Å²) in [6, 6.07) is 8.45. The molecule has 1 aromatic carbocycles. The van der Waals surface area contributed by atoms with Gasteiger partial charge in [0.1, 0.15) is 10.7 Å². The summed E-state index contributed by atoms with van der Waals surface area (Å²) in [6.45, 7) is 5.29. The smallest absolute Gasteiger partial charge is 0.262 e. The van der Waals surface area contributed by atoms with Gasteiger partial charge in [-0.15, -0.1) is 11.3 Å². The van der Waals surface area contributed by atoms with Crippen molar-refractivity contribution in [1.29, 1.82) is 0 Å². The molecule has 132 valence electrons. The third kappa shape index (κ3) is 3.53. The Bertz CT molecular complexity index is 910. The van der Waals surface area contributed by atoms with E-state index in [9.17, 15) is 4.79 Å². The van der Waals surface area contributed by atoms with E-state index in [1.165, 1.54) is 5.56 Å². The van der Waals surface area contributed by atoms with Crippen LogP contribution < -0.4 is 5.56 Å². The maximum atomic E-state index is 13.2. The first-order valence-electron chi connectivity index (χ1n) is 8.78. The molecule has 0 aliphatic heterocycles. The standard InChI is InChI=1S/C20H24N2O2S/c1-4-6-17-21-19-18(20(23)22(17)11-12-24-3)16(13-25-19)15-9-7-14(5-2)8-10-15/h7-10,13H,4-6,11-12H2,1-3H3. The first kappa shape index (κ1) is 17.8. The van der Waals surface area contributed by atoms with E-state index >= 15 is 0 Å². The molecule has 0 unspecified atom stereocenters. The third-order valence-electron chi connectivity index (χ3n) is 4.44. The summed E-state index contributed by atoms with van der Waals surface area (Å²) in [6.07, 6.45) is 2.77. The maximum Gasteiger partial charge on any atom is 0.262 e. The van der Waals surface area contributed by atoms with Crippen LogP contribution in [0.15, 0.2) is 34.4 Å². The van der Waals surface area contributed by atoms with Gasteiger partial charge in [0.25, 0.3) is 5.56 Å². The minimum absolute atomic E-state index is 0.0429. The highest BCUT2D eigenvalue weighted by molar-refractivity contribution is 7.17. The number of rotatable bonds is 7. The van der Waals surface area contributed by atoms with E-state index in [2.05, 4.69) is 43.5 Å². The molecule has 0 spiro atoms. The van der Waals surface area contributed by atoms with Crippen molar-refractivity contribution in [2.75, 3.05) is 13.7 Å². The Balaban J connectivity index is 2.16. The number of ether oxygens (including phenoxy) is 1. The highest BCUT2D eigenvalue weighted by Gasteiger charge is 2.16. The molecule has 3 rings (SSSR count). The zero-order valence-electron chi connectivity index (χ0n) is 15.0. The average molecular weight is 356 g/mol. The summed E-state index contributed by atoms with van der Waals surface area (Å²) in [5.41, 5.74) is 3.39. The second-order valence-corrected chi connectivity index (χ2v) is 6.97. The van der Waals surface area contributed by atoms with Gasteiger partial charge in [0.15, 0.2) is 0 Å². The van der Waals surface area contributed by atoms with Crippen molar-refractivity contribution in [2.45, 2.75) is 39.7 Å². The highest BCUT2D eigenvalue weighted by atomic mass is 32.1. The van der Waals surface area contributed by atoms with Crippen molar-refractivity contribution < 1.29 is 4.74 Å². The van der Waals surface area contributed by atoms with Crippen LogP contribution >= 0.6 is 11.3 Å². The van der Waals surface area contributed by atoms with Crippen molar-refractivity contribution in [2.24, 2.45) is 0 Å². The number of hydrogen-bond donors (Lipinski definition) is 0. The fraction of sp³-hybridized carbons (Fsp3) is 0.400. The number of methoxy groups -OCH3 is 1. The molecule has 25 heavy (non-hydrogen) atoms. The van der Waals surface area contributed by atoms with Crippen LogP contribution in [0.1, 0.15) is 31.7 Å². The molecule has 0 fully saturated rings. The maximum absolute atomic E-state index is 13.2. The van der Waals surface area contributed by atoms with E-state index in [0.717, 1.165) is 46.4 Å². The number of nitrogens with zero attached hydrogens (tertiary/aromatic N) is 2. The number of benzene rings is 1. The van der Waals surface area contributed by atoms with Gasteiger partial charge < -0.3 is 4.74 Å². The Morgan fingerprint density at radius 1 is 1.20 bits per heavy atom. The number of thiophene rings is 1. The molecule has 0 bridgehead atoms. The van der Waals surface area contributed by atoms with E-state index in [4.69, 9.17) is 9.72 Å². The van der Waals surface area contributed by atoms with Crippen molar-refractivity contribution in [1.82, 2.24) is 9.55 Å². The van der Waals surface area contributed by atoms with Crippen LogP contribution in [0.25, 0.3) is 21.3 Å². The molecule has 0 saturated heterocycles. The molecule has 0 aliphatic rings. The van der Waals surface area contributed by atoms with Crippen LogP contribution in [0.3, 0.4) is 0 Å². The van der Waals surface area contributed by atoms with Crippen LogP contribution in [-0.4, -0.2) is 23.3 Å². The SMILES string of the molecule is CCCc1nc2scc(-c3ccc(CC)cc3)c2c(=O)n1CCOC. The molecule has 0 radical (unpaired) electrons. The summed E-state index contributed by atoms with van der Waals surface area (Å²) >= 11 is 1.55.